The number of hydrogen-bond donors (Lipinski definition) is 0. The van der Waals surface area contributed by atoms with Crippen molar-refractivity contribution in [3.05, 3.63) is 0 Å². The summed E-state index contributed by atoms with van der Waals surface area (Å²) in [6.45, 7) is 3.99. The van der Waals surface area contributed by atoms with Gasteiger partial charge in [0, 0.05) is 13.6 Å². The van der Waals surface area contributed by atoms with Crippen molar-refractivity contribution in [2.45, 2.75) is 12.5 Å². The lowest BCUT2D eigenvalue weighted by Crippen LogP contribution is -2.43. The molecular weight excluding hydrogens is 156 g/mol. The summed E-state index contributed by atoms with van der Waals surface area (Å²) in [5.74, 6) is 0. The van der Waals surface area contributed by atoms with E-state index >= 15 is 0 Å². The summed E-state index contributed by atoms with van der Waals surface area (Å²) in [5.41, 5.74) is 0. The average Bonchev–Trinajstić information content (AvgIpc) is 2.24. The minimum absolute atomic E-state index is 0.0998. The Morgan fingerprint density at radius 1 is 1.58 bits per heavy atom. The first-order valence-corrected chi connectivity index (χ1v) is 4.40. The van der Waals surface area contributed by atoms with E-state index in [-0.39, 0.29) is 12.2 Å². The molecule has 0 N–H and O–H groups in total. The molecule has 12 heavy (non-hydrogen) atoms. The second-order valence-corrected chi connectivity index (χ2v) is 3.54. The van der Waals surface area contributed by atoms with Crippen molar-refractivity contribution in [1.82, 2.24) is 9.80 Å². The number of nitrogens with zero attached hydrogens (tertiary/aromatic N) is 2. The Labute approximate surface area is 72.1 Å². The lowest BCUT2D eigenvalue weighted by molar-refractivity contribution is 0.0827. The Bertz CT molecular complexity index is 191. The highest BCUT2D eigenvalue weighted by Crippen LogP contribution is 2.13. The molecule has 0 spiro atoms. The molecule has 0 aliphatic carbocycles. The van der Waals surface area contributed by atoms with Crippen LogP contribution >= 0.6 is 0 Å². The zero-order valence-corrected chi connectivity index (χ0v) is 7.32. The molecule has 0 aromatic heterocycles. The molecule has 2 aliphatic rings. The maximum Gasteiger partial charge on any atom is 0.410 e. The molecule has 4 heteroatoms. The lowest BCUT2D eigenvalue weighted by Gasteiger charge is -2.31. The Morgan fingerprint density at radius 2 is 2.33 bits per heavy atom. The number of likely N-dealkylation sites (tertiary alicyclic amines) is 1. The van der Waals surface area contributed by atoms with Gasteiger partial charge >= 0.3 is 6.09 Å². The maximum absolute atomic E-state index is 11.0. The van der Waals surface area contributed by atoms with Gasteiger partial charge in [-0.3, -0.25) is 4.90 Å². The molecule has 0 aromatic rings. The number of amides is 1. The maximum atomic E-state index is 11.0. The first-order chi connectivity index (χ1) is 5.75. The molecule has 4 nitrogen and oxygen atoms in total. The van der Waals surface area contributed by atoms with Crippen molar-refractivity contribution in [3.8, 4) is 0 Å². The van der Waals surface area contributed by atoms with Gasteiger partial charge in [0.1, 0.15) is 6.10 Å². The summed E-state index contributed by atoms with van der Waals surface area (Å²) in [4.78, 5) is 14.9. The van der Waals surface area contributed by atoms with Crippen LogP contribution < -0.4 is 0 Å². The standard InChI is InChI=1S/C8H14N2O2/c1-9-5-7(12-8(9)11)6-10-3-2-4-10/h7H,2-6H2,1H3. The summed E-state index contributed by atoms with van der Waals surface area (Å²) >= 11 is 0. The van der Waals surface area contributed by atoms with E-state index in [0.717, 1.165) is 26.2 Å². The van der Waals surface area contributed by atoms with E-state index in [2.05, 4.69) is 4.90 Å². The van der Waals surface area contributed by atoms with Gasteiger partial charge in [-0.1, -0.05) is 0 Å². The Morgan fingerprint density at radius 3 is 2.75 bits per heavy atom. The topological polar surface area (TPSA) is 32.8 Å². The van der Waals surface area contributed by atoms with Crippen LogP contribution in [0.4, 0.5) is 4.79 Å². The smallest absolute Gasteiger partial charge is 0.410 e. The van der Waals surface area contributed by atoms with Gasteiger partial charge in [-0.05, 0) is 19.5 Å². The monoisotopic (exact) mass is 170 g/mol. The van der Waals surface area contributed by atoms with Crippen LogP contribution in [0, 0.1) is 0 Å². The Balaban J connectivity index is 1.78. The van der Waals surface area contributed by atoms with Crippen molar-refractivity contribution in [1.29, 1.82) is 0 Å². The van der Waals surface area contributed by atoms with Gasteiger partial charge in [0.2, 0.25) is 0 Å². The molecule has 0 saturated carbocycles. The highest BCUT2D eigenvalue weighted by molar-refractivity contribution is 5.69. The van der Waals surface area contributed by atoms with E-state index in [0.29, 0.717) is 0 Å². The molecule has 2 aliphatic heterocycles. The van der Waals surface area contributed by atoms with Gasteiger partial charge in [-0.25, -0.2) is 4.79 Å². The third-order valence-corrected chi connectivity index (χ3v) is 2.47. The number of carbonyl (C=O) groups excluding carboxylic acids is 1. The van der Waals surface area contributed by atoms with Crippen LogP contribution in [0.2, 0.25) is 0 Å². The van der Waals surface area contributed by atoms with Gasteiger partial charge in [-0.15, -0.1) is 0 Å². The number of hydrogen-bond acceptors (Lipinski definition) is 3. The summed E-state index contributed by atoms with van der Waals surface area (Å²) in [5, 5.41) is 0. The highest BCUT2D eigenvalue weighted by Gasteiger charge is 2.30. The SMILES string of the molecule is CN1CC(CN2CCC2)OC1=O. The predicted molar refractivity (Wildman–Crippen MR) is 44.0 cm³/mol. The second kappa shape index (κ2) is 2.94. The number of rotatable bonds is 2. The molecule has 0 aromatic carbocycles. The molecule has 0 radical (unpaired) electrons. The Hall–Kier alpha value is -0.770. The van der Waals surface area contributed by atoms with Crippen molar-refractivity contribution < 1.29 is 9.53 Å². The number of ether oxygens (including phenoxy) is 1. The minimum Gasteiger partial charge on any atom is -0.443 e. The fraction of sp³-hybridized carbons (Fsp3) is 0.875. The van der Waals surface area contributed by atoms with E-state index < -0.39 is 0 Å². The first kappa shape index (κ1) is 7.86. The number of carbonyl (C=O) groups is 1. The van der Waals surface area contributed by atoms with Crippen LogP contribution in [0.15, 0.2) is 0 Å². The quantitative estimate of drug-likeness (QED) is 0.591. The number of likely N-dealkylation sites (N-methyl/N-ethyl adjacent to an activating group) is 1. The molecule has 1 amide bonds. The van der Waals surface area contributed by atoms with E-state index in [9.17, 15) is 4.79 Å². The molecule has 2 fully saturated rings. The van der Waals surface area contributed by atoms with Gasteiger partial charge < -0.3 is 9.64 Å². The van der Waals surface area contributed by atoms with Crippen molar-refractivity contribution in [2.75, 3.05) is 33.2 Å². The largest absolute Gasteiger partial charge is 0.443 e. The molecule has 0 bridgehead atoms. The van der Waals surface area contributed by atoms with Gasteiger partial charge in [-0.2, -0.15) is 0 Å². The van der Waals surface area contributed by atoms with Crippen LogP contribution in [0.5, 0.6) is 0 Å². The number of cyclic esters (lactones) is 1. The zero-order chi connectivity index (χ0) is 8.55. The lowest BCUT2D eigenvalue weighted by atomic mass is 10.2. The van der Waals surface area contributed by atoms with Crippen LogP contribution in [0.25, 0.3) is 0 Å². The fourth-order valence-corrected chi connectivity index (χ4v) is 1.60. The summed E-state index contributed by atoms with van der Waals surface area (Å²) in [6, 6.07) is 0. The molecule has 2 heterocycles. The molecule has 1 atom stereocenters. The van der Waals surface area contributed by atoms with E-state index in [1.165, 1.54) is 6.42 Å². The molecule has 2 rings (SSSR count). The third kappa shape index (κ3) is 1.39. The van der Waals surface area contributed by atoms with E-state index in [1.54, 1.807) is 11.9 Å². The third-order valence-electron chi connectivity index (χ3n) is 2.47. The van der Waals surface area contributed by atoms with Crippen LogP contribution in [-0.4, -0.2) is 55.2 Å². The summed E-state index contributed by atoms with van der Waals surface area (Å²) in [7, 11) is 1.78. The zero-order valence-electron chi connectivity index (χ0n) is 7.32. The van der Waals surface area contributed by atoms with Crippen LogP contribution in [0.3, 0.4) is 0 Å². The van der Waals surface area contributed by atoms with Crippen LogP contribution in [0.1, 0.15) is 6.42 Å². The van der Waals surface area contributed by atoms with Crippen molar-refractivity contribution in [3.63, 3.8) is 0 Å². The minimum atomic E-state index is -0.180. The summed E-state index contributed by atoms with van der Waals surface area (Å²) < 4.78 is 5.13. The fourth-order valence-electron chi connectivity index (χ4n) is 1.60. The average molecular weight is 170 g/mol. The van der Waals surface area contributed by atoms with E-state index in [1.807, 2.05) is 0 Å². The highest BCUT2D eigenvalue weighted by atomic mass is 16.6. The first-order valence-electron chi connectivity index (χ1n) is 4.40. The predicted octanol–water partition coefficient (Wildman–Crippen LogP) is 0.143. The molecule has 1 unspecified atom stereocenters. The van der Waals surface area contributed by atoms with Crippen molar-refractivity contribution >= 4 is 6.09 Å². The molecule has 2 saturated heterocycles. The van der Waals surface area contributed by atoms with Gasteiger partial charge in [0.05, 0.1) is 6.54 Å². The summed E-state index contributed by atoms with van der Waals surface area (Å²) in [6.07, 6.45) is 1.21. The molecular formula is C8H14N2O2. The van der Waals surface area contributed by atoms with Crippen molar-refractivity contribution in [2.24, 2.45) is 0 Å². The normalized spacial score (nSPS) is 30.2. The van der Waals surface area contributed by atoms with E-state index in [4.69, 9.17) is 4.74 Å². The second-order valence-electron chi connectivity index (χ2n) is 3.54. The van der Waals surface area contributed by atoms with Gasteiger partial charge in [0.15, 0.2) is 0 Å². The Kier molecular flexibility index (Phi) is 1.92. The van der Waals surface area contributed by atoms with Gasteiger partial charge in [0.25, 0.3) is 0 Å². The van der Waals surface area contributed by atoms with Crippen LogP contribution in [-0.2, 0) is 4.74 Å². The molecule has 68 valence electrons.